The molecule has 1 amide bonds. The number of quaternary nitrogens is 1. The molecular weight excluding hydrogens is 385 g/mol. The Hall–Kier alpha value is -2.02. The highest BCUT2D eigenvalue weighted by Gasteiger charge is 2.32. The van der Waals surface area contributed by atoms with Gasteiger partial charge in [-0.05, 0) is 43.2 Å². The van der Waals surface area contributed by atoms with E-state index in [1.165, 1.54) is 27.8 Å². The van der Waals surface area contributed by atoms with Crippen LogP contribution in [0.2, 0.25) is 5.02 Å². The summed E-state index contributed by atoms with van der Waals surface area (Å²) in [5.74, 6) is -0.540. The number of aromatic nitrogens is 1. The zero-order valence-corrected chi connectivity index (χ0v) is 16.2. The first-order chi connectivity index (χ1) is 13.1. The van der Waals surface area contributed by atoms with Gasteiger partial charge in [-0.25, -0.2) is 9.37 Å². The van der Waals surface area contributed by atoms with E-state index < -0.39 is 5.82 Å². The number of thiazole rings is 1. The number of nitrogens with zero attached hydrogens (tertiary/aromatic N) is 1. The van der Waals surface area contributed by atoms with E-state index >= 15 is 0 Å². The summed E-state index contributed by atoms with van der Waals surface area (Å²) >= 11 is 7.73. The van der Waals surface area contributed by atoms with Crippen LogP contribution >= 0.6 is 22.9 Å². The van der Waals surface area contributed by atoms with Gasteiger partial charge < -0.3 is 10.2 Å². The normalized spacial score (nSPS) is 19.9. The molecule has 1 aromatic heterocycles. The largest absolute Gasteiger partial charge is 0.320 e. The van der Waals surface area contributed by atoms with Crippen LogP contribution in [0, 0.1) is 5.82 Å². The Bertz CT molecular complexity index is 944. The van der Waals surface area contributed by atoms with Gasteiger partial charge in [0, 0.05) is 6.42 Å². The molecule has 0 saturated carbocycles. The molecule has 1 unspecified atom stereocenters. The van der Waals surface area contributed by atoms with Crippen LogP contribution in [0.25, 0.3) is 10.2 Å². The van der Waals surface area contributed by atoms with Crippen LogP contribution in [0.5, 0.6) is 0 Å². The van der Waals surface area contributed by atoms with Crippen molar-refractivity contribution in [3.05, 3.63) is 58.3 Å². The Labute approximate surface area is 166 Å². The first-order valence-corrected chi connectivity index (χ1v) is 10.2. The van der Waals surface area contributed by atoms with Gasteiger partial charge in [-0.1, -0.05) is 23.7 Å². The van der Waals surface area contributed by atoms with Gasteiger partial charge in [0.2, 0.25) is 0 Å². The lowest BCUT2D eigenvalue weighted by molar-refractivity contribution is -0.929. The molecule has 0 aliphatic carbocycles. The number of anilines is 1. The fraction of sp³-hybridized carbons (Fsp3) is 0.300. The third-order valence-electron chi connectivity index (χ3n) is 4.93. The van der Waals surface area contributed by atoms with E-state index in [0.717, 1.165) is 36.3 Å². The van der Waals surface area contributed by atoms with Crippen molar-refractivity contribution < 1.29 is 14.1 Å². The zero-order chi connectivity index (χ0) is 18.8. The van der Waals surface area contributed by atoms with Gasteiger partial charge in [0.05, 0.1) is 27.5 Å². The number of benzene rings is 2. The van der Waals surface area contributed by atoms with Gasteiger partial charge in [-0.3, -0.25) is 4.79 Å². The van der Waals surface area contributed by atoms with Crippen LogP contribution in [0.3, 0.4) is 0 Å². The van der Waals surface area contributed by atoms with Gasteiger partial charge in [0.15, 0.2) is 11.6 Å². The number of hydrogen-bond donors (Lipinski definition) is 2. The van der Waals surface area contributed by atoms with E-state index in [9.17, 15) is 9.18 Å². The SMILES string of the molecule is O=C(C[NH+]1CCCC[C@H]1c1nc2ccccc2s1)Nc1ccc(F)cc1Cl. The summed E-state index contributed by atoms with van der Waals surface area (Å²) in [7, 11) is 0. The third kappa shape index (κ3) is 4.13. The van der Waals surface area contributed by atoms with Crippen molar-refractivity contribution >= 4 is 44.7 Å². The average Bonchev–Trinajstić information content (AvgIpc) is 3.08. The summed E-state index contributed by atoms with van der Waals surface area (Å²) in [6.45, 7) is 1.28. The molecule has 2 N–H and O–H groups in total. The van der Waals surface area contributed by atoms with Crippen LogP contribution in [0.4, 0.5) is 10.1 Å². The van der Waals surface area contributed by atoms with Gasteiger partial charge in [-0.15, -0.1) is 11.3 Å². The van der Waals surface area contributed by atoms with Crippen LogP contribution in [-0.4, -0.2) is 24.0 Å². The van der Waals surface area contributed by atoms with Crippen molar-refractivity contribution in [3.8, 4) is 0 Å². The molecule has 27 heavy (non-hydrogen) atoms. The fourth-order valence-electron chi connectivity index (χ4n) is 3.62. The van der Waals surface area contributed by atoms with Gasteiger partial charge in [-0.2, -0.15) is 0 Å². The maximum absolute atomic E-state index is 13.2. The highest BCUT2D eigenvalue weighted by molar-refractivity contribution is 7.18. The molecule has 0 spiro atoms. The molecular formula is C20H20ClFN3OS+. The summed E-state index contributed by atoms with van der Waals surface area (Å²) in [4.78, 5) is 18.6. The number of para-hydroxylation sites is 1. The zero-order valence-electron chi connectivity index (χ0n) is 14.7. The van der Waals surface area contributed by atoms with E-state index in [4.69, 9.17) is 16.6 Å². The summed E-state index contributed by atoms with van der Waals surface area (Å²) < 4.78 is 14.4. The molecule has 3 aromatic rings. The van der Waals surface area contributed by atoms with Gasteiger partial charge in [0.25, 0.3) is 5.91 Å². The molecule has 140 valence electrons. The highest BCUT2D eigenvalue weighted by Crippen LogP contribution is 2.28. The predicted octanol–water partition coefficient (Wildman–Crippen LogP) is 3.84. The molecule has 4 rings (SSSR count). The maximum atomic E-state index is 13.2. The molecule has 0 radical (unpaired) electrons. The Morgan fingerprint density at radius 2 is 2.15 bits per heavy atom. The number of piperidine rings is 1. The van der Waals surface area contributed by atoms with Crippen molar-refractivity contribution in [1.82, 2.24) is 4.98 Å². The van der Waals surface area contributed by atoms with Crippen LogP contribution in [0.15, 0.2) is 42.5 Å². The van der Waals surface area contributed by atoms with E-state index in [1.54, 1.807) is 11.3 Å². The molecule has 4 nitrogen and oxygen atoms in total. The third-order valence-corrected chi connectivity index (χ3v) is 6.40. The predicted molar refractivity (Wildman–Crippen MR) is 107 cm³/mol. The minimum absolute atomic E-state index is 0.119. The van der Waals surface area contributed by atoms with E-state index in [2.05, 4.69) is 11.4 Å². The van der Waals surface area contributed by atoms with Crippen molar-refractivity contribution in [3.63, 3.8) is 0 Å². The van der Waals surface area contributed by atoms with Gasteiger partial charge in [0.1, 0.15) is 11.9 Å². The molecule has 2 atom stereocenters. The number of hydrogen-bond acceptors (Lipinski definition) is 3. The Morgan fingerprint density at radius 1 is 1.30 bits per heavy atom. The number of halogens is 2. The van der Waals surface area contributed by atoms with E-state index in [-0.39, 0.29) is 17.0 Å². The lowest BCUT2D eigenvalue weighted by Crippen LogP contribution is -3.14. The number of amides is 1. The fourth-order valence-corrected chi connectivity index (χ4v) is 4.99. The number of carbonyl (C=O) groups excluding carboxylic acids is 1. The second kappa shape index (κ2) is 7.92. The Morgan fingerprint density at radius 3 is 2.96 bits per heavy atom. The smallest absolute Gasteiger partial charge is 0.279 e. The number of fused-ring (bicyclic) bond motifs is 1. The van der Waals surface area contributed by atoms with E-state index in [0.29, 0.717) is 12.2 Å². The van der Waals surface area contributed by atoms with Crippen molar-refractivity contribution in [2.45, 2.75) is 25.3 Å². The number of nitrogens with one attached hydrogen (secondary N) is 2. The Balaban J connectivity index is 1.49. The quantitative estimate of drug-likeness (QED) is 0.694. The molecule has 7 heteroatoms. The van der Waals surface area contributed by atoms with Crippen LogP contribution < -0.4 is 10.2 Å². The van der Waals surface area contributed by atoms with Crippen LogP contribution in [0.1, 0.15) is 30.3 Å². The van der Waals surface area contributed by atoms with E-state index in [1.807, 2.05) is 18.2 Å². The topological polar surface area (TPSA) is 46.4 Å². The molecule has 1 aliphatic rings. The molecule has 1 fully saturated rings. The van der Waals surface area contributed by atoms with Gasteiger partial charge >= 0.3 is 0 Å². The molecule has 2 heterocycles. The first-order valence-electron chi connectivity index (χ1n) is 9.05. The monoisotopic (exact) mass is 404 g/mol. The Kier molecular flexibility index (Phi) is 5.38. The standard InChI is InChI=1S/C20H19ClFN3OS/c21-14-11-13(22)8-9-15(14)23-19(26)12-25-10-4-3-6-17(25)20-24-16-5-1-2-7-18(16)27-20/h1-2,5,7-9,11,17H,3-4,6,10,12H2,(H,23,26)/p+1/t17-/m0/s1. The maximum Gasteiger partial charge on any atom is 0.279 e. The summed E-state index contributed by atoms with van der Waals surface area (Å²) in [5.41, 5.74) is 1.46. The minimum atomic E-state index is -0.421. The highest BCUT2D eigenvalue weighted by atomic mass is 35.5. The van der Waals surface area contributed by atoms with Crippen molar-refractivity contribution in [1.29, 1.82) is 0 Å². The molecule has 1 saturated heterocycles. The molecule has 1 aliphatic heterocycles. The molecule has 0 bridgehead atoms. The number of likely N-dealkylation sites (tertiary alicyclic amines) is 1. The number of carbonyl (C=O) groups is 1. The average molecular weight is 405 g/mol. The van der Waals surface area contributed by atoms with Crippen molar-refractivity contribution in [2.75, 3.05) is 18.4 Å². The molecule has 2 aromatic carbocycles. The first kappa shape index (κ1) is 18.3. The number of rotatable bonds is 4. The van der Waals surface area contributed by atoms with Crippen LogP contribution in [-0.2, 0) is 4.79 Å². The summed E-state index contributed by atoms with van der Waals surface area (Å²) in [6.07, 6.45) is 3.27. The van der Waals surface area contributed by atoms with Crippen molar-refractivity contribution in [2.24, 2.45) is 0 Å². The minimum Gasteiger partial charge on any atom is -0.320 e. The lowest BCUT2D eigenvalue weighted by atomic mass is 10.0. The summed E-state index contributed by atoms with van der Waals surface area (Å²) in [6, 6.07) is 12.3. The second-order valence-electron chi connectivity index (χ2n) is 6.83. The summed E-state index contributed by atoms with van der Waals surface area (Å²) in [5, 5.41) is 4.11. The lowest BCUT2D eigenvalue weighted by Gasteiger charge is -2.30. The second-order valence-corrected chi connectivity index (χ2v) is 8.29.